The van der Waals surface area contributed by atoms with E-state index in [2.05, 4.69) is 28.9 Å². The van der Waals surface area contributed by atoms with E-state index in [-0.39, 0.29) is 11.6 Å². The van der Waals surface area contributed by atoms with Crippen LogP contribution in [0.3, 0.4) is 0 Å². The third-order valence-electron chi connectivity index (χ3n) is 7.84. The molecule has 0 radical (unpaired) electrons. The number of aliphatic hydroxyl groups is 1. The molecule has 156 valence electrons. The Morgan fingerprint density at radius 2 is 1.64 bits per heavy atom. The van der Waals surface area contributed by atoms with Gasteiger partial charge in [-0.05, 0) is 95.7 Å². The van der Waals surface area contributed by atoms with E-state index in [9.17, 15) is 5.11 Å². The largest absolute Gasteiger partial charge is 0.497 e. The van der Waals surface area contributed by atoms with Gasteiger partial charge < -0.3 is 9.84 Å². The van der Waals surface area contributed by atoms with E-state index in [1.165, 1.54) is 44.9 Å². The van der Waals surface area contributed by atoms with Crippen LogP contribution in [-0.2, 0) is 5.60 Å². The standard InChI is InChI=1S/C24H38N2O2/c1-23(26-17-7-4-8-18-26)14-10-13-22(25-15-5-3-6-16-25)24(23,27)20-11-9-12-21(19-20)28-2/h9,11-12,19,22,27H,3-8,10,13-18H2,1-2H3. The van der Waals surface area contributed by atoms with Crippen molar-refractivity contribution >= 4 is 0 Å². The third kappa shape index (κ3) is 3.38. The SMILES string of the molecule is COc1cccc(C2(O)C(N3CCCCC3)CCCC2(C)N2CCCCC2)c1. The summed E-state index contributed by atoms with van der Waals surface area (Å²) >= 11 is 0. The maximum Gasteiger partial charge on any atom is 0.123 e. The highest BCUT2D eigenvalue weighted by molar-refractivity contribution is 5.37. The molecule has 1 N–H and O–H groups in total. The molecule has 0 spiro atoms. The Balaban J connectivity index is 1.79. The van der Waals surface area contributed by atoms with E-state index < -0.39 is 5.60 Å². The van der Waals surface area contributed by atoms with Gasteiger partial charge in [-0.25, -0.2) is 0 Å². The lowest BCUT2D eigenvalue weighted by Gasteiger charge is -2.61. The zero-order chi connectivity index (χ0) is 19.6. The van der Waals surface area contributed by atoms with Crippen molar-refractivity contribution in [1.29, 1.82) is 0 Å². The predicted octanol–water partition coefficient (Wildman–Crippen LogP) is 4.17. The molecule has 0 aromatic heterocycles. The van der Waals surface area contributed by atoms with Crippen LogP contribution >= 0.6 is 0 Å². The summed E-state index contributed by atoms with van der Waals surface area (Å²) in [4.78, 5) is 5.22. The number of likely N-dealkylation sites (tertiary alicyclic amines) is 2. The van der Waals surface area contributed by atoms with E-state index in [4.69, 9.17) is 4.74 Å². The van der Waals surface area contributed by atoms with Crippen LogP contribution in [0.15, 0.2) is 24.3 Å². The van der Waals surface area contributed by atoms with Gasteiger partial charge in [-0.3, -0.25) is 9.80 Å². The van der Waals surface area contributed by atoms with Crippen LogP contribution in [0.1, 0.15) is 70.3 Å². The molecule has 4 nitrogen and oxygen atoms in total. The van der Waals surface area contributed by atoms with Gasteiger partial charge in [-0.1, -0.05) is 25.0 Å². The topological polar surface area (TPSA) is 35.9 Å². The fourth-order valence-corrected chi connectivity index (χ4v) is 6.22. The minimum absolute atomic E-state index is 0.181. The maximum absolute atomic E-state index is 12.7. The van der Waals surface area contributed by atoms with Gasteiger partial charge in [-0.2, -0.15) is 0 Å². The van der Waals surface area contributed by atoms with Gasteiger partial charge in [0, 0.05) is 6.04 Å². The lowest BCUT2D eigenvalue weighted by atomic mass is 9.62. The van der Waals surface area contributed by atoms with E-state index in [1.54, 1.807) is 7.11 Å². The first kappa shape index (κ1) is 20.2. The molecule has 2 heterocycles. The number of methoxy groups -OCH3 is 1. The Kier molecular flexibility index (Phi) is 6.01. The normalized spacial score (nSPS) is 35.6. The number of ether oxygens (including phenoxy) is 1. The van der Waals surface area contributed by atoms with Crippen LogP contribution in [-0.4, -0.2) is 59.8 Å². The zero-order valence-electron chi connectivity index (χ0n) is 17.8. The average Bonchev–Trinajstić information content (AvgIpc) is 2.77. The molecule has 3 fully saturated rings. The van der Waals surface area contributed by atoms with Crippen molar-refractivity contribution in [3.63, 3.8) is 0 Å². The summed E-state index contributed by atoms with van der Waals surface area (Å²) < 4.78 is 5.55. The van der Waals surface area contributed by atoms with Crippen LogP contribution in [0.5, 0.6) is 5.75 Å². The smallest absolute Gasteiger partial charge is 0.123 e. The third-order valence-corrected chi connectivity index (χ3v) is 7.84. The summed E-state index contributed by atoms with van der Waals surface area (Å²) in [6.07, 6.45) is 11.0. The first-order valence-corrected chi connectivity index (χ1v) is 11.5. The van der Waals surface area contributed by atoms with E-state index in [1.807, 2.05) is 12.1 Å². The molecule has 1 aromatic carbocycles. The van der Waals surface area contributed by atoms with Crippen molar-refractivity contribution in [3.8, 4) is 5.75 Å². The molecule has 3 unspecified atom stereocenters. The van der Waals surface area contributed by atoms with Gasteiger partial charge in [0.25, 0.3) is 0 Å². The van der Waals surface area contributed by atoms with Crippen molar-refractivity contribution in [2.75, 3.05) is 33.3 Å². The number of hydrogen-bond donors (Lipinski definition) is 1. The maximum atomic E-state index is 12.7. The Morgan fingerprint density at radius 1 is 0.964 bits per heavy atom. The summed E-state index contributed by atoms with van der Waals surface area (Å²) in [5, 5.41) is 12.7. The van der Waals surface area contributed by atoms with Crippen LogP contribution in [0, 0.1) is 0 Å². The lowest BCUT2D eigenvalue weighted by molar-refractivity contribution is -0.185. The highest BCUT2D eigenvalue weighted by atomic mass is 16.5. The molecule has 1 aliphatic carbocycles. The van der Waals surface area contributed by atoms with Crippen LogP contribution < -0.4 is 4.74 Å². The molecule has 28 heavy (non-hydrogen) atoms. The molecule has 3 atom stereocenters. The van der Waals surface area contributed by atoms with Crippen LogP contribution in [0.4, 0.5) is 0 Å². The number of hydrogen-bond acceptors (Lipinski definition) is 4. The van der Waals surface area contributed by atoms with Crippen molar-refractivity contribution in [2.24, 2.45) is 0 Å². The molecule has 4 rings (SSSR count). The Morgan fingerprint density at radius 3 is 2.32 bits per heavy atom. The monoisotopic (exact) mass is 386 g/mol. The fourth-order valence-electron chi connectivity index (χ4n) is 6.22. The molecule has 2 aliphatic heterocycles. The fraction of sp³-hybridized carbons (Fsp3) is 0.750. The van der Waals surface area contributed by atoms with E-state index in [0.717, 1.165) is 50.3 Å². The van der Waals surface area contributed by atoms with Gasteiger partial charge in [-0.15, -0.1) is 0 Å². The molecule has 1 aromatic rings. The Labute approximate surface area is 170 Å². The quantitative estimate of drug-likeness (QED) is 0.843. The molecular weight excluding hydrogens is 348 g/mol. The van der Waals surface area contributed by atoms with Crippen molar-refractivity contribution in [3.05, 3.63) is 29.8 Å². The molecule has 1 saturated carbocycles. The van der Waals surface area contributed by atoms with Gasteiger partial charge in [0.05, 0.1) is 12.6 Å². The molecule has 0 bridgehead atoms. The number of nitrogens with zero attached hydrogens (tertiary/aromatic N) is 2. The summed E-state index contributed by atoms with van der Waals surface area (Å²) in [6.45, 7) is 6.79. The number of rotatable bonds is 4. The lowest BCUT2D eigenvalue weighted by Crippen LogP contribution is -2.71. The van der Waals surface area contributed by atoms with Crippen molar-refractivity contribution in [2.45, 2.75) is 81.9 Å². The van der Waals surface area contributed by atoms with Crippen molar-refractivity contribution in [1.82, 2.24) is 9.80 Å². The average molecular weight is 387 g/mol. The van der Waals surface area contributed by atoms with E-state index >= 15 is 0 Å². The molecule has 2 saturated heterocycles. The second-order valence-electron chi connectivity index (χ2n) is 9.32. The molecular formula is C24H38N2O2. The second-order valence-corrected chi connectivity index (χ2v) is 9.32. The van der Waals surface area contributed by atoms with Gasteiger partial charge in [0.1, 0.15) is 11.4 Å². The van der Waals surface area contributed by atoms with Gasteiger partial charge >= 0.3 is 0 Å². The van der Waals surface area contributed by atoms with Crippen LogP contribution in [0.25, 0.3) is 0 Å². The highest BCUT2D eigenvalue weighted by Gasteiger charge is 2.59. The zero-order valence-corrected chi connectivity index (χ0v) is 17.8. The minimum Gasteiger partial charge on any atom is -0.497 e. The van der Waals surface area contributed by atoms with E-state index in [0.29, 0.717) is 0 Å². The summed E-state index contributed by atoms with van der Waals surface area (Å²) in [5.41, 5.74) is -0.0792. The highest BCUT2D eigenvalue weighted by Crippen LogP contribution is 2.51. The minimum atomic E-state index is -0.880. The molecule has 3 aliphatic rings. The number of piperidine rings is 2. The Bertz CT molecular complexity index is 654. The first-order valence-electron chi connectivity index (χ1n) is 11.5. The molecule has 0 amide bonds. The Hall–Kier alpha value is -1.10. The van der Waals surface area contributed by atoms with Gasteiger partial charge in [0.2, 0.25) is 0 Å². The predicted molar refractivity (Wildman–Crippen MR) is 114 cm³/mol. The molecule has 4 heteroatoms. The summed E-state index contributed by atoms with van der Waals surface area (Å²) in [7, 11) is 1.72. The first-order chi connectivity index (χ1) is 13.6. The van der Waals surface area contributed by atoms with Crippen molar-refractivity contribution < 1.29 is 9.84 Å². The summed E-state index contributed by atoms with van der Waals surface area (Å²) in [6, 6.07) is 8.44. The number of benzene rings is 1. The second kappa shape index (κ2) is 8.33. The van der Waals surface area contributed by atoms with Crippen LogP contribution in [0.2, 0.25) is 0 Å². The van der Waals surface area contributed by atoms with Gasteiger partial charge in [0.15, 0.2) is 0 Å². The summed E-state index contributed by atoms with van der Waals surface area (Å²) in [5.74, 6) is 0.842.